The van der Waals surface area contributed by atoms with Crippen LogP contribution < -0.4 is 33.3 Å². The van der Waals surface area contributed by atoms with E-state index in [1.807, 2.05) is 6.07 Å². The van der Waals surface area contributed by atoms with E-state index in [9.17, 15) is 0 Å². The minimum absolute atomic E-state index is 0. The third-order valence-corrected chi connectivity index (χ3v) is 4.35. The average molecular weight is 404 g/mol. The van der Waals surface area contributed by atoms with Crippen LogP contribution in [-0.2, 0) is 14.1 Å². The van der Waals surface area contributed by atoms with Gasteiger partial charge < -0.3 is 33.3 Å². The summed E-state index contributed by atoms with van der Waals surface area (Å²) >= 11 is 0. The molecule has 0 bridgehead atoms. The highest BCUT2D eigenvalue weighted by Crippen LogP contribution is 2.29. The topological polar surface area (TPSA) is 18.0 Å². The molecule has 4 rings (SSSR count). The Bertz CT molecular complexity index is 1000. The van der Waals surface area contributed by atoms with Crippen molar-refractivity contribution in [2.75, 3.05) is 7.11 Å². The Labute approximate surface area is 146 Å². The Morgan fingerprint density at radius 2 is 1.77 bits per heavy atom. The van der Waals surface area contributed by atoms with E-state index < -0.39 is 0 Å². The molecule has 0 fully saturated rings. The zero-order chi connectivity index (χ0) is 14.6. The van der Waals surface area contributed by atoms with Crippen molar-refractivity contribution in [3.63, 3.8) is 0 Å². The van der Waals surface area contributed by atoms with Gasteiger partial charge in [-0.05, 0) is 30.3 Å². The Balaban J connectivity index is 0.00000144. The Morgan fingerprint density at radius 3 is 2.55 bits per heavy atom. The van der Waals surface area contributed by atoms with Gasteiger partial charge in [0.15, 0.2) is 0 Å². The van der Waals surface area contributed by atoms with Gasteiger partial charge in [0.05, 0.1) is 23.4 Å². The summed E-state index contributed by atoms with van der Waals surface area (Å²) in [5.74, 6) is 0.889. The van der Waals surface area contributed by atoms with Crippen molar-refractivity contribution in [2.24, 2.45) is 14.1 Å². The number of methoxy groups -OCH3 is 1. The first-order valence-corrected chi connectivity index (χ1v) is 7.04. The SMILES string of the molecule is COc1ccc2c(c1)cc1c(c3ccccc3n1C)[n+]2C.[I-]. The predicted molar refractivity (Wildman–Crippen MR) is 85.7 cm³/mol. The second-order valence-corrected chi connectivity index (χ2v) is 5.44. The standard InChI is InChI=1S/C18H17N2O.HI/c1-19-16-7-5-4-6-14(16)18-17(19)11-12-10-13(21-3)8-9-15(12)20(18)2;/h4-11H,1-3H3;1H/q+1;/p-1. The van der Waals surface area contributed by atoms with Gasteiger partial charge in [0, 0.05) is 13.1 Å². The summed E-state index contributed by atoms with van der Waals surface area (Å²) in [6.45, 7) is 0. The molecule has 0 N–H and O–H groups in total. The van der Waals surface area contributed by atoms with Gasteiger partial charge in [-0.25, -0.2) is 0 Å². The largest absolute Gasteiger partial charge is 1.00 e. The zero-order valence-corrected chi connectivity index (χ0v) is 15.0. The summed E-state index contributed by atoms with van der Waals surface area (Å²) in [7, 11) is 5.96. The second kappa shape index (κ2) is 5.43. The maximum absolute atomic E-state index is 5.35. The van der Waals surface area contributed by atoms with Crippen molar-refractivity contribution in [3.8, 4) is 5.75 Å². The minimum Gasteiger partial charge on any atom is -1.00 e. The number of halogens is 1. The molecule has 2 aromatic carbocycles. The van der Waals surface area contributed by atoms with Gasteiger partial charge in [-0.3, -0.25) is 0 Å². The summed E-state index contributed by atoms with van der Waals surface area (Å²) in [5, 5.41) is 2.48. The van der Waals surface area contributed by atoms with Crippen LogP contribution in [0.15, 0.2) is 48.5 Å². The van der Waals surface area contributed by atoms with E-state index in [0.717, 1.165) is 5.75 Å². The number of fused-ring (bicyclic) bond motifs is 4. The normalized spacial score (nSPS) is 11.0. The Hall–Kier alpha value is -1.82. The van der Waals surface area contributed by atoms with Crippen LogP contribution in [0.5, 0.6) is 5.75 Å². The number of aryl methyl sites for hydroxylation is 2. The molecule has 0 aliphatic heterocycles. The van der Waals surface area contributed by atoms with E-state index in [-0.39, 0.29) is 24.0 Å². The van der Waals surface area contributed by atoms with Crippen molar-refractivity contribution in [3.05, 3.63) is 48.5 Å². The monoisotopic (exact) mass is 404 g/mol. The first-order chi connectivity index (χ1) is 10.2. The first-order valence-electron chi connectivity index (χ1n) is 7.04. The molecular weight excluding hydrogens is 387 g/mol. The quantitative estimate of drug-likeness (QED) is 0.330. The summed E-state index contributed by atoms with van der Waals surface area (Å²) in [5.41, 5.74) is 4.97. The van der Waals surface area contributed by atoms with Crippen LogP contribution in [0.3, 0.4) is 0 Å². The molecule has 0 atom stereocenters. The highest BCUT2D eigenvalue weighted by molar-refractivity contribution is 6.06. The van der Waals surface area contributed by atoms with Crippen molar-refractivity contribution in [1.82, 2.24) is 4.57 Å². The molecule has 4 heteroatoms. The molecule has 0 saturated carbocycles. The number of para-hydroxylation sites is 1. The lowest BCUT2D eigenvalue weighted by atomic mass is 10.1. The summed E-state index contributed by atoms with van der Waals surface area (Å²) in [6, 6.07) is 17.0. The molecule has 0 aliphatic rings. The van der Waals surface area contributed by atoms with Gasteiger partial charge in [-0.1, -0.05) is 12.1 Å². The van der Waals surface area contributed by atoms with Crippen LogP contribution in [0.1, 0.15) is 0 Å². The van der Waals surface area contributed by atoms with Crippen molar-refractivity contribution in [1.29, 1.82) is 0 Å². The van der Waals surface area contributed by atoms with Crippen LogP contribution in [0.4, 0.5) is 0 Å². The molecule has 112 valence electrons. The lowest BCUT2D eigenvalue weighted by Gasteiger charge is -2.03. The zero-order valence-electron chi connectivity index (χ0n) is 12.8. The molecule has 0 aliphatic carbocycles. The van der Waals surface area contributed by atoms with Crippen LogP contribution in [0, 0.1) is 0 Å². The second-order valence-electron chi connectivity index (χ2n) is 5.44. The number of nitrogens with zero attached hydrogens (tertiary/aromatic N) is 2. The molecule has 0 unspecified atom stereocenters. The van der Waals surface area contributed by atoms with Crippen molar-refractivity contribution < 1.29 is 33.3 Å². The third-order valence-electron chi connectivity index (χ3n) is 4.35. The third kappa shape index (κ3) is 1.97. The molecule has 22 heavy (non-hydrogen) atoms. The average Bonchev–Trinajstić information content (AvgIpc) is 2.81. The number of benzene rings is 2. The molecule has 0 radical (unpaired) electrons. The fourth-order valence-corrected chi connectivity index (χ4v) is 3.26. The van der Waals surface area contributed by atoms with E-state index in [1.165, 1.54) is 32.8 Å². The van der Waals surface area contributed by atoms with E-state index in [0.29, 0.717) is 0 Å². The Kier molecular flexibility index (Phi) is 3.72. The fraction of sp³-hybridized carbons (Fsp3) is 0.167. The molecule has 2 aromatic heterocycles. The molecule has 0 amide bonds. The number of ether oxygens (including phenoxy) is 1. The van der Waals surface area contributed by atoms with Gasteiger partial charge in [-0.2, -0.15) is 4.57 Å². The van der Waals surface area contributed by atoms with E-state index in [1.54, 1.807) is 7.11 Å². The maximum atomic E-state index is 5.35. The van der Waals surface area contributed by atoms with E-state index in [4.69, 9.17) is 4.74 Å². The molecular formula is C18H17IN2O. The summed E-state index contributed by atoms with van der Waals surface area (Å²) < 4.78 is 9.87. The van der Waals surface area contributed by atoms with Gasteiger partial charge in [0.25, 0.3) is 0 Å². The van der Waals surface area contributed by atoms with Crippen molar-refractivity contribution >= 4 is 32.8 Å². The van der Waals surface area contributed by atoms with Crippen LogP contribution in [0.2, 0.25) is 0 Å². The van der Waals surface area contributed by atoms with Crippen LogP contribution in [0.25, 0.3) is 32.8 Å². The molecule has 2 heterocycles. The molecule has 4 aromatic rings. The highest BCUT2D eigenvalue weighted by atomic mass is 127. The van der Waals surface area contributed by atoms with E-state index >= 15 is 0 Å². The summed E-state index contributed by atoms with van der Waals surface area (Å²) in [6.07, 6.45) is 0. The minimum atomic E-state index is 0. The number of rotatable bonds is 1. The van der Waals surface area contributed by atoms with Crippen LogP contribution in [-0.4, -0.2) is 11.7 Å². The predicted octanol–water partition coefficient (Wildman–Crippen LogP) is 0.322. The number of pyridine rings is 1. The van der Waals surface area contributed by atoms with E-state index in [2.05, 4.69) is 65.7 Å². The van der Waals surface area contributed by atoms with Crippen LogP contribution >= 0.6 is 0 Å². The maximum Gasteiger partial charge on any atom is 0.238 e. The van der Waals surface area contributed by atoms with Crippen molar-refractivity contribution in [2.45, 2.75) is 0 Å². The number of aromatic nitrogens is 2. The molecule has 0 spiro atoms. The van der Waals surface area contributed by atoms with Gasteiger partial charge in [-0.15, -0.1) is 0 Å². The van der Waals surface area contributed by atoms with Gasteiger partial charge in [0.1, 0.15) is 18.3 Å². The fourth-order valence-electron chi connectivity index (χ4n) is 3.26. The van der Waals surface area contributed by atoms with Gasteiger partial charge >= 0.3 is 0 Å². The smallest absolute Gasteiger partial charge is 0.238 e. The molecule has 3 nitrogen and oxygen atoms in total. The first kappa shape index (κ1) is 15.1. The molecule has 0 saturated heterocycles. The lowest BCUT2D eigenvalue weighted by molar-refractivity contribution is -0.616. The Morgan fingerprint density at radius 1 is 1.00 bits per heavy atom. The lowest BCUT2D eigenvalue weighted by Crippen LogP contribution is -3.00. The summed E-state index contributed by atoms with van der Waals surface area (Å²) in [4.78, 5) is 0. The number of hydrogen-bond acceptors (Lipinski definition) is 1. The highest BCUT2D eigenvalue weighted by Gasteiger charge is 2.19. The number of hydrogen-bond donors (Lipinski definition) is 0. The van der Waals surface area contributed by atoms with Gasteiger partial charge in [0.2, 0.25) is 11.0 Å².